The van der Waals surface area contributed by atoms with Crippen LogP contribution in [0.1, 0.15) is 12.8 Å². The van der Waals surface area contributed by atoms with Crippen LogP contribution in [0.5, 0.6) is 0 Å². The van der Waals surface area contributed by atoms with Gasteiger partial charge in [-0.2, -0.15) is 0 Å². The van der Waals surface area contributed by atoms with E-state index in [1.54, 1.807) is 0 Å². The number of hydrogen-bond acceptors (Lipinski definition) is 3. The number of fused-ring (bicyclic) bond motifs is 8. The van der Waals surface area contributed by atoms with Crippen molar-refractivity contribution in [2.45, 2.75) is 12.8 Å². The summed E-state index contributed by atoms with van der Waals surface area (Å²) in [6.45, 7) is 0. The Morgan fingerprint density at radius 2 is 1.05 bits per heavy atom. The molecule has 0 aliphatic heterocycles. The van der Waals surface area contributed by atoms with Gasteiger partial charge >= 0.3 is 0 Å². The molecule has 0 saturated heterocycles. The summed E-state index contributed by atoms with van der Waals surface area (Å²) in [5.41, 5.74) is 13.9. The van der Waals surface area contributed by atoms with Gasteiger partial charge in [0.2, 0.25) is 0 Å². The van der Waals surface area contributed by atoms with Crippen LogP contribution in [0.25, 0.3) is 89.2 Å². The maximum absolute atomic E-state index is 6.52. The highest BCUT2D eigenvalue weighted by atomic mass is 16.3. The van der Waals surface area contributed by atoms with E-state index in [-0.39, 0.29) is 0 Å². The first-order valence-corrected chi connectivity index (χ1v) is 19.0. The van der Waals surface area contributed by atoms with Crippen molar-refractivity contribution < 1.29 is 8.83 Å². The van der Waals surface area contributed by atoms with E-state index in [1.165, 1.54) is 43.5 Å². The Morgan fingerprint density at radius 1 is 0.400 bits per heavy atom. The Kier molecular flexibility index (Phi) is 7.31. The second-order valence-corrected chi connectivity index (χ2v) is 14.4. The van der Waals surface area contributed by atoms with E-state index in [1.807, 2.05) is 12.1 Å². The number of para-hydroxylation sites is 2. The monoisotopic (exact) mass is 705 g/mol. The lowest BCUT2D eigenvalue weighted by Gasteiger charge is -2.26. The SMILES string of the molecule is C1=c2oc3c(-c4cccc(N(c5ccc(-c6ccccc6)cc5)c5ccc(-c6ccc7ccc8oc9ccccc9c8c7c6)cc5)c4)cccc3c2=CCC1. The molecule has 2 aromatic heterocycles. The standard InChI is InChI=1S/C52H35NO2/c1-2-10-34(11-3-1)35-22-27-40(28-23-35)53(42-13-8-12-39(32-42)43-16-9-17-45-44-14-4-6-18-48(44)55-52(43)45)41-29-24-36(25-30-41)38-21-20-37-26-31-50-51(47(37)33-38)46-15-5-7-19-49(46)54-50/h1-3,5,7-33H,4,6H2. The third kappa shape index (κ3) is 5.35. The van der Waals surface area contributed by atoms with Crippen molar-refractivity contribution in [1.82, 2.24) is 0 Å². The summed E-state index contributed by atoms with van der Waals surface area (Å²) in [6.07, 6.45) is 6.59. The van der Waals surface area contributed by atoms with Gasteiger partial charge in [-0.05, 0) is 112 Å². The molecule has 260 valence electrons. The van der Waals surface area contributed by atoms with Gasteiger partial charge in [0.25, 0.3) is 0 Å². The lowest BCUT2D eigenvalue weighted by Crippen LogP contribution is -2.21. The van der Waals surface area contributed by atoms with E-state index < -0.39 is 0 Å². The van der Waals surface area contributed by atoms with E-state index in [4.69, 9.17) is 8.83 Å². The van der Waals surface area contributed by atoms with E-state index in [0.717, 1.165) is 74.1 Å². The number of hydrogen-bond donors (Lipinski definition) is 0. The summed E-state index contributed by atoms with van der Waals surface area (Å²) in [5, 5.41) is 7.10. The van der Waals surface area contributed by atoms with Crippen LogP contribution in [0.2, 0.25) is 0 Å². The number of furan rings is 2. The second kappa shape index (κ2) is 12.8. The fourth-order valence-corrected chi connectivity index (χ4v) is 8.41. The molecule has 55 heavy (non-hydrogen) atoms. The average molecular weight is 706 g/mol. The van der Waals surface area contributed by atoms with Crippen molar-refractivity contribution in [2.75, 3.05) is 4.90 Å². The molecule has 10 aromatic rings. The Bertz CT molecular complexity index is 3190. The summed E-state index contributed by atoms with van der Waals surface area (Å²) >= 11 is 0. The van der Waals surface area contributed by atoms with Crippen LogP contribution in [-0.4, -0.2) is 0 Å². The Hall–Kier alpha value is -7.10. The van der Waals surface area contributed by atoms with Gasteiger partial charge in [-0.3, -0.25) is 0 Å². The predicted octanol–water partition coefficient (Wildman–Crippen LogP) is 13.3. The maximum atomic E-state index is 6.52. The van der Waals surface area contributed by atoms with Crippen LogP contribution in [0.4, 0.5) is 17.1 Å². The molecule has 0 radical (unpaired) electrons. The molecule has 8 aromatic carbocycles. The van der Waals surface area contributed by atoms with Gasteiger partial charge in [0.05, 0.1) is 0 Å². The van der Waals surface area contributed by atoms with Crippen molar-refractivity contribution in [3.8, 4) is 33.4 Å². The lowest BCUT2D eigenvalue weighted by molar-refractivity contribution is 0.572. The third-order valence-corrected chi connectivity index (χ3v) is 11.1. The Labute approximate surface area is 318 Å². The van der Waals surface area contributed by atoms with Crippen molar-refractivity contribution in [3.63, 3.8) is 0 Å². The molecule has 2 heterocycles. The number of nitrogens with zero attached hydrogens (tertiary/aromatic N) is 1. The maximum Gasteiger partial charge on any atom is 0.143 e. The smallest absolute Gasteiger partial charge is 0.143 e. The molecule has 1 aliphatic carbocycles. The molecule has 0 amide bonds. The molecule has 0 unspecified atom stereocenters. The van der Waals surface area contributed by atoms with Gasteiger partial charge in [-0.25, -0.2) is 0 Å². The topological polar surface area (TPSA) is 29.5 Å². The van der Waals surface area contributed by atoms with Crippen LogP contribution in [-0.2, 0) is 0 Å². The fraction of sp³-hybridized carbons (Fsp3) is 0.0385. The molecular weight excluding hydrogens is 671 g/mol. The third-order valence-electron chi connectivity index (χ3n) is 11.1. The van der Waals surface area contributed by atoms with Crippen LogP contribution in [0.15, 0.2) is 185 Å². The minimum atomic E-state index is 0.914. The first-order valence-electron chi connectivity index (χ1n) is 19.0. The molecule has 3 nitrogen and oxygen atoms in total. The van der Waals surface area contributed by atoms with Gasteiger partial charge in [0.15, 0.2) is 0 Å². The summed E-state index contributed by atoms with van der Waals surface area (Å²) in [5.74, 6) is 0. The molecule has 0 bridgehead atoms. The highest BCUT2D eigenvalue weighted by molar-refractivity contribution is 6.19. The predicted molar refractivity (Wildman–Crippen MR) is 229 cm³/mol. The quantitative estimate of drug-likeness (QED) is 0.172. The minimum absolute atomic E-state index is 0.914. The second-order valence-electron chi connectivity index (χ2n) is 14.4. The van der Waals surface area contributed by atoms with E-state index in [2.05, 4.69) is 181 Å². The van der Waals surface area contributed by atoms with Crippen molar-refractivity contribution in [3.05, 3.63) is 187 Å². The molecule has 0 fully saturated rings. The molecule has 0 N–H and O–H groups in total. The summed E-state index contributed by atoms with van der Waals surface area (Å²) in [4.78, 5) is 2.35. The van der Waals surface area contributed by atoms with Crippen LogP contribution >= 0.6 is 0 Å². The molecule has 1 aliphatic rings. The van der Waals surface area contributed by atoms with Crippen molar-refractivity contribution in [2.24, 2.45) is 0 Å². The molecule has 0 atom stereocenters. The minimum Gasteiger partial charge on any atom is -0.456 e. The highest BCUT2D eigenvalue weighted by Crippen LogP contribution is 2.40. The summed E-state index contributed by atoms with van der Waals surface area (Å²) < 4.78 is 12.7. The normalized spacial score (nSPS) is 12.5. The largest absolute Gasteiger partial charge is 0.456 e. The van der Waals surface area contributed by atoms with Gasteiger partial charge in [-0.1, -0.05) is 127 Å². The Morgan fingerprint density at radius 3 is 1.89 bits per heavy atom. The van der Waals surface area contributed by atoms with Gasteiger partial charge in [0.1, 0.15) is 22.2 Å². The molecule has 3 heteroatoms. The van der Waals surface area contributed by atoms with Crippen LogP contribution in [0.3, 0.4) is 0 Å². The van der Waals surface area contributed by atoms with Gasteiger partial charge in [0, 0.05) is 44.0 Å². The zero-order valence-electron chi connectivity index (χ0n) is 30.1. The Balaban J connectivity index is 1.02. The van der Waals surface area contributed by atoms with Crippen molar-refractivity contribution >= 4 is 72.9 Å². The van der Waals surface area contributed by atoms with E-state index >= 15 is 0 Å². The zero-order chi connectivity index (χ0) is 36.3. The van der Waals surface area contributed by atoms with E-state index in [0.29, 0.717) is 0 Å². The van der Waals surface area contributed by atoms with E-state index in [9.17, 15) is 0 Å². The highest BCUT2D eigenvalue weighted by Gasteiger charge is 2.17. The molecule has 0 spiro atoms. The van der Waals surface area contributed by atoms with Gasteiger partial charge < -0.3 is 13.7 Å². The molecule has 0 saturated carbocycles. The number of benzene rings is 8. The first-order chi connectivity index (χ1) is 27.2. The van der Waals surface area contributed by atoms with Gasteiger partial charge in [-0.15, -0.1) is 0 Å². The average Bonchev–Trinajstić information content (AvgIpc) is 3.84. The number of rotatable bonds is 6. The van der Waals surface area contributed by atoms with Crippen LogP contribution < -0.4 is 15.5 Å². The summed E-state index contributed by atoms with van der Waals surface area (Å²) in [6, 6.07) is 63.0. The lowest BCUT2D eigenvalue weighted by atomic mass is 9.97. The van der Waals surface area contributed by atoms with Crippen molar-refractivity contribution in [1.29, 1.82) is 0 Å². The molecule has 11 rings (SSSR count). The van der Waals surface area contributed by atoms with Crippen LogP contribution in [0, 0.1) is 0 Å². The number of anilines is 3. The fourth-order valence-electron chi connectivity index (χ4n) is 8.41. The summed E-state index contributed by atoms with van der Waals surface area (Å²) in [7, 11) is 0. The zero-order valence-corrected chi connectivity index (χ0v) is 30.1. The first kappa shape index (κ1) is 31.4. The molecular formula is C52H35NO2.